The smallest absolute Gasteiger partial charge is 0.228 e. The fourth-order valence-electron chi connectivity index (χ4n) is 1.93. The molecule has 5 heteroatoms. The maximum Gasteiger partial charge on any atom is 0.228 e. The van der Waals surface area contributed by atoms with E-state index in [-0.39, 0.29) is 11.8 Å². The van der Waals surface area contributed by atoms with E-state index in [0.717, 1.165) is 18.7 Å². The maximum atomic E-state index is 11.6. The molecule has 0 unspecified atom stereocenters. The third kappa shape index (κ3) is 4.55. The van der Waals surface area contributed by atoms with Gasteiger partial charge in [0.05, 0.1) is 11.9 Å². The van der Waals surface area contributed by atoms with Gasteiger partial charge in [-0.25, -0.2) is 4.98 Å². The number of pyridine rings is 2. The lowest BCUT2D eigenvalue weighted by Crippen LogP contribution is -2.21. The van der Waals surface area contributed by atoms with Gasteiger partial charge in [0.15, 0.2) is 0 Å². The predicted molar refractivity (Wildman–Crippen MR) is 88.9 cm³/mol. The molecular weight excluding hydrogens is 276 g/mol. The Morgan fingerprint density at radius 2 is 1.95 bits per heavy atom. The average molecular weight is 298 g/mol. The van der Waals surface area contributed by atoms with Crippen molar-refractivity contribution in [1.29, 1.82) is 0 Å². The van der Waals surface area contributed by atoms with Crippen molar-refractivity contribution in [2.24, 2.45) is 5.92 Å². The molecular formula is C17H22N4O. The van der Waals surface area contributed by atoms with Crippen molar-refractivity contribution in [2.45, 2.75) is 20.3 Å². The van der Waals surface area contributed by atoms with Gasteiger partial charge in [-0.05, 0) is 36.2 Å². The number of hydrogen-bond acceptors (Lipinski definition) is 4. The van der Waals surface area contributed by atoms with Crippen LogP contribution in [0, 0.1) is 5.92 Å². The number of nitrogens with zero attached hydrogens (tertiary/aromatic N) is 3. The van der Waals surface area contributed by atoms with Gasteiger partial charge in [0.25, 0.3) is 0 Å². The van der Waals surface area contributed by atoms with E-state index in [4.69, 9.17) is 0 Å². The zero-order valence-corrected chi connectivity index (χ0v) is 13.3. The summed E-state index contributed by atoms with van der Waals surface area (Å²) in [5.41, 5.74) is 2.28. The largest absolute Gasteiger partial charge is 0.373 e. The van der Waals surface area contributed by atoms with Crippen molar-refractivity contribution >= 4 is 17.4 Å². The van der Waals surface area contributed by atoms with Crippen molar-refractivity contribution in [3.05, 3.63) is 48.4 Å². The van der Waals surface area contributed by atoms with E-state index in [9.17, 15) is 4.79 Å². The fourth-order valence-corrected chi connectivity index (χ4v) is 1.93. The van der Waals surface area contributed by atoms with Gasteiger partial charge in [-0.15, -0.1) is 0 Å². The van der Waals surface area contributed by atoms with Gasteiger partial charge in [-0.2, -0.15) is 0 Å². The SMILES string of the molecule is CC(C)C(=O)Nc1ccc(N(C)CCc2ccncc2)cn1. The highest BCUT2D eigenvalue weighted by atomic mass is 16.1. The number of carbonyl (C=O) groups excluding carboxylic acids is 1. The van der Waals surface area contributed by atoms with Crippen LogP contribution in [0.1, 0.15) is 19.4 Å². The molecule has 116 valence electrons. The van der Waals surface area contributed by atoms with E-state index in [2.05, 4.69) is 20.2 Å². The number of aromatic nitrogens is 2. The summed E-state index contributed by atoms with van der Waals surface area (Å²) in [7, 11) is 2.03. The normalized spacial score (nSPS) is 10.5. The van der Waals surface area contributed by atoms with Crippen molar-refractivity contribution in [3.8, 4) is 0 Å². The monoisotopic (exact) mass is 298 g/mol. The second-order valence-corrected chi connectivity index (χ2v) is 5.57. The standard InChI is InChI=1S/C17H22N4O/c1-13(2)17(22)20-16-5-4-15(12-19-16)21(3)11-8-14-6-9-18-10-7-14/h4-7,9-10,12-13H,8,11H2,1-3H3,(H,19,20,22). The van der Waals surface area contributed by atoms with Crippen LogP contribution in [0.2, 0.25) is 0 Å². The molecule has 2 aromatic heterocycles. The summed E-state index contributed by atoms with van der Waals surface area (Å²) < 4.78 is 0. The molecule has 0 saturated heterocycles. The molecule has 2 aromatic rings. The number of amides is 1. The summed E-state index contributed by atoms with van der Waals surface area (Å²) in [5, 5.41) is 2.79. The first-order chi connectivity index (χ1) is 10.6. The minimum atomic E-state index is -0.0514. The molecule has 2 rings (SSSR count). The van der Waals surface area contributed by atoms with Crippen molar-refractivity contribution < 1.29 is 4.79 Å². The lowest BCUT2D eigenvalue weighted by Gasteiger charge is -2.19. The Morgan fingerprint density at radius 1 is 1.23 bits per heavy atom. The van der Waals surface area contributed by atoms with Gasteiger partial charge in [0.2, 0.25) is 5.91 Å². The molecule has 0 aliphatic heterocycles. The lowest BCUT2D eigenvalue weighted by atomic mass is 10.2. The number of hydrogen-bond donors (Lipinski definition) is 1. The maximum absolute atomic E-state index is 11.6. The second-order valence-electron chi connectivity index (χ2n) is 5.57. The molecule has 5 nitrogen and oxygen atoms in total. The number of nitrogens with one attached hydrogen (secondary N) is 1. The summed E-state index contributed by atoms with van der Waals surface area (Å²) in [4.78, 5) is 22.1. The van der Waals surface area contributed by atoms with Crippen LogP contribution in [0.5, 0.6) is 0 Å². The van der Waals surface area contributed by atoms with E-state index in [1.54, 1.807) is 6.20 Å². The van der Waals surface area contributed by atoms with Crippen LogP contribution >= 0.6 is 0 Å². The van der Waals surface area contributed by atoms with Gasteiger partial charge >= 0.3 is 0 Å². The third-order valence-electron chi connectivity index (χ3n) is 3.45. The van der Waals surface area contributed by atoms with Crippen LogP contribution in [0.3, 0.4) is 0 Å². The molecule has 2 heterocycles. The highest BCUT2D eigenvalue weighted by Crippen LogP contribution is 2.15. The van der Waals surface area contributed by atoms with E-state index in [1.165, 1.54) is 5.56 Å². The Balaban J connectivity index is 1.90. The van der Waals surface area contributed by atoms with Crippen LogP contribution in [0.25, 0.3) is 0 Å². The van der Waals surface area contributed by atoms with E-state index in [0.29, 0.717) is 5.82 Å². The first kappa shape index (κ1) is 15.9. The number of carbonyl (C=O) groups is 1. The molecule has 0 radical (unpaired) electrons. The van der Waals surface area contributed by atoms with Gasteiger partial charge < -0.3 is 10.2 Å². The third-order valence-corrected chi connectivity index (χ3v) is 3.45. The molecule has 0 saturated carbocycles. The van der Waals surface area contributed by atoms with Crippen LogP contribution in [0.4, 0.5) is 11.5 Å². The zero-order chi connectivity index (χ0) is 15.9. The van der Waals surface area contributed by atoms with Crippen molar-refractivity contribution in [3.63, 3.8) is 0 Å². The number of rotatable bonds is 6. The Bertz CT molecular complexity index is 596. The van der Waals surface area contributed by atoms with Gasteiger partial charge in [0, 0.05) is 31.9 Å². The summed E-state index contributed by atoms with van der Waals surface area (Å²) in [6, 6.07) is 7.85. The van der Waals surface area contributed by atoms with Crippen molar-refractivity contribution in [2.75, 3.05) is 23.8 Å². The Morgan fingerprint density at radius 3 is 2.55 bits per heavy atom. The second kappa shape index (κ2) is 7.54. The summed E-state index contributed by atoms with van der Waals surface area (Å²) in [6.45, 7) is 4.61. The molecule has 1 amide bonds. The van der Waals surface area contributed by atoms with Gasteiger partial charge in [0.1, 0.15) is 5.82 Å². The van der Waals surface area contributed by atoms with E-state index in [1.807, 2.05) is 57.6 Å². The van der Waals surface area contributed by atoms with Crippen LogP contribution in [-0.2, 0) is 11.2 Å². The molecule has 0 aliphatic carbocycles. The predicted octanol–water partition coefficient (Wildman–Crippen LogP) is 2.75. The quantitative estimate of drug-likeness (QED) is 0.891. The first-order valence-electron chi connectivity index (χ1n) is 7.43. The first-order valence-corrected chi connectivity index (χ1v) is 7.43. The highest BCUT2D eigenvalue weighted by Gasteiger charge is 2.08. The molecule has 22 heavy (non-hydrogen) atoms. The summed E-state index contributed by atoms with van der Waals surface area (Å²) in [6.07, 6.45) is 6.35. The van der Waals surface area contributed by atoms with Crippen LogP contribution in [-0.4, -0.2) is 29.5 Å². The van der Waals surface area contributed by atoms with E-state index < -0.39 is 0 Å². The molecule has 0 aromatic carbocycles. The topological polar surface area (TPSA) is 58.1 Å². The number of likely N-dealkylation sites (N-methyl/N-ethyl adjacent to an activating group) is 1. The minimum Gasteiger partial charge on any atom is -0.373 e. The van der Waals surface area contributed by atoms with Gasteiger partial charge in [-0.1, -0.05) is 13.8 Å². The minimum absolute atomic E-state index is 0.0220. The molecule has 0 spiro atoms. The molecule has 0 atom stereocenters. The Hall–Kier alpha value is -2.43. The van der Waals surface area contributed by atoms with Gasteiger partial charge in [-0.3, -0.25) is 9.78 Å². The van der Waals surface area contributed by atoms with Crippen LogP contribution in [0.15, 0.2) is 42.9 Å². The summed E-state index contributed by atoms with van der Waals surface area (Å²) >= 11 is 0. The molecule has 1 N–H and O–H groups in total. The molecule has 0 aliphatic rings. The van der Waals surface area contributed by atoms with Crippen molar-refractivity contribution in [1.82, 2.24) is 9.97 Å². The van der Waals surface area contributed by atoms with Crippen LogP contribution < -0.4 is 10.2 Å². The molecule has 0 fully saturated rings. The summed E-state index contributed by atoms with van der Waals surface area (Å²) in [5.74, 6) is 0.515. The lowest BCUT2D eigenvalue weighted by molar-refractivity contribution is -0.118. The average Bonchev–Trinajstić information content (AvgIpc) is 2.54. The highest BCUT2D eigenvalue weighted by molar-refractivity contribution is 5.91. The fraction of sp³-hybridized carbons (Fsp3) is 0.353. The van der Waals surface area contributed by atoms with E-state index >= 15 is 0 Å². The Kier molecular flexibility index (Phi) is 5.47. The Labute approximate surface area is 131 Å². The zero-order valence-electron chi connectivity index (χ0n) is 13.3. The number of anilines is 2. The molecule has 0 bridgehead atoms.